The molecule has 1 aliphatic carbocycles. The summed E-state index contributed by atoms with van der Waals surface area (Å²) in [4.78, 5) is 23.1. The summed E-state index contributed by atoms with van der Waals surface area (Å²) in [6, 6.07) is -0.0906. The molecule has 1 saturated carbocycles. The molecular weight excluding hydrogens is 244 g/mol. The first-order valence-corrected chi connectivity index (χ1v) is 7.42. The van der Waals surface area contributed by atoms with Gasteiger partial charge in [-0.1, -0.05) is 19.3 Å². The smallest absolute Gasteiger partial charge is 0.306 e. The second-order valence-corrected chi connectivity index (χ2v) is 5.74. The predicted octanol–water partition coefficient (Wildman–Crippen LogP) is 1.14. The number of amides is 1. The van der Waals surface area contributed by atoms with Crippen LogP contribution in [0.5, 0.6) is 0 Å². The van der Waals surface area contributed by atoms with Gasteiger partial charge in [-0.25, -0.2) is 0 Å². The Bertz CT molecular complexity index is 325. The van der Waals surface area contributed by atoms with Gasteiger partial charge in [0, 0.05) is 6.54 Å². The van der Waals surface area contributed by atoms with Crippen LogP contribution in [0.2, 0.25) is 0 Å². The minimum Gasteiger partial charge on any atom is -0.481 e. The van der Waals surface area contributed by atoms with Crippen molar-refractivity contribution in [3.8, 4) is 0 Å². The summed E-state index contributed by atoms with van der Waals surface area (Å²) in [5.41, 5.74) is 0. The number of rotatable bonds is 4. The van der Waals surface area contributed by atoms with Crippen LogP contribution in [0.25, 0.3) is 0 Å². The van der Waals surface area contributed by atoms with Gasteiger partial charge in [0.2, 0.25) is 5.91 Å². The van der Waals surface area contributed by atoms with E-state index in [0.29, 0.717) is 6.54 Å². The maximum atomic E-state index is 12.1. The molecule has 0 aromatic heterocycles. The van der Waals surface area contributed by atoms with E-state index in [0.717, 1.165) is 45.1 Å². The molecule has 0 aromatic rings. The molecule has 2 aliphatic rings. The van der Waals surface area contributed by atoms with Crippen LogP contribution in [-0.4, -0.2) is 36.1 Å². The minimum absolute atomic E-state index is 0.0398. The van der Waals surface area contributed by atoms with Crippen molar-refractivity contribution in [2.75, 3.05) is 13.1 Å². The molecule has 3 atom stereocenters. The summed E-state index contributed by atoms with van der Waals surface area (Å²) >= 11 is 0. The first-order chi connectivity index (χ1) is 9.18. The van der Waals surface area contributed by atoms with Gasteiger partial charge in [-0.05, 0) is 38.1 Å². The molecule has 0 spiro atoms. The number of carboxylic acid groups (broad SMARTS) is 1. The zero-order valence-electron chi connectivity index (χ0n) is 11.4. The Morgan fingerprint density at radius 1 is 1.11 bits per heavy atom. The van der Waals surface area contributed by atoms with Crippen molar-refractivity contribution in [2.45, 2.75) is 51.0 Å². The second-order valence-electron chi connectivity index (χ2n) is 5.74. The highest BCUT2D eigenvalue weighted by atomic mass is 16.4. The molecule has 3 unspecified atom stereocenters. The number of carbonyl (C=O) groups excluding carboxylic acids is 1. The lowest BCUT2D eigenvalue weighted by atomic mass is 9.96. The fourth-order valence-electron chi connectivity index (χ4n) is 3.21. The van der Waals surface area contributed by atoms with Gasteiger partial charge in [-0.15, -0.1) is 0 Å². The van der Waals surface area contributed by atoms with E-state index >= 15 is 0 Å². The highest BCUT2D eigenvalue weighted by Crippen LogP contribution is 2.31. The van der Waals surface area contributed by atoms with Gasteiger partial charge in [0.25, 0.3) is 0 Å². The van der Waals surface area contributed by atoms with Gasteiger partial charge >= 0.3 is 5.97 Å². The van der Waals surface area contributed by atoms with Gasteiger partial charge in [-0.3, -0.25) is 9.59 Å². The summed E-state index contributed by atoms with van der Waals surface area (Å²) in [6.07, 6.45) is 6.91. The number of aliphatic carboxylic acids is 1. The summed E-state index contributed by atoms with van der Waals surface area (Å²) in [6.45, 7) is 1.41. The lowest BCUT2D eigenvalue weighted by Crippen LogP contribution is -2.45. The summed E-state index contributed by atoms with van der Waals surface area (Å²) in [5, 5.41) is 15.3. The number of hydrogen-bond acceptors (Lipinski definition) is 3. The highest BCUT2D eigenvalue weighted by molar-refractivity contribution is 5.81. The Balaban J connectivity index is 1.77. The normalized spacial score (nSPS) is 31.7. The third-order valence-electron chi connectivity index (χ3n) is 4.39. The number of carboxylic acids is 1. The molecule has 108 valence electrons. The van der Waals surface area contributed by atoms with Crippen LogP contribution >= 0.6 is 0 Å². The van der Waals surface area contributed by atoms with E-state index in [9.17, 15) is 9.59 Å². The maximum absolute atomic E-state index is 12.1. The van der Waals surface area contributed by atoms with Crippen LogP contribution in [0, 0.1) is 11.8 Å². The standard InChI is InChI=1S/C14H24N2O3/c17-13(12-7-2-1-3-8-15-12)16-9-10-5-4-6-11(10)14(18)19/h10-12,15H,1-9H2,(H,16,17)(H,18,19). The van der Waals surface area contributed by atoms with Crippen LogP contribution in [0.3, 0.4) is 0 Å². The Morgan fingerprint density at radius 3 is 2.74 bits per heavy atom. The number of nitrogens with one attached hydrogen (secondary N) is 2. The van der Waals surface area contributed by atoms with Gasteiger partial charge in [0.1, 0.15) is 0 Å². The summed E-state index contributed by atoms with van der Waals surface area (Å²) in [5.74, 6) is -0.850. The van der Waals surface area contributed by atoms with Crippen LogP contribution in [0.4, 0.5) is 0 Å². The van der Waals surface area contributed by atoms with Crippen molar-refractivity contribution in [3.63, 3.8) is 0 Å². The van der Waals surface area contributed by atoms with E-state index in [4.69, 9.17) is 5.11 Å². The molecule has 0 radical (unpaired) electrons. The van der Waals surface area contributed by atoms with E-state index in [1.807, 2.05) is 0 Å². The van der Waals surface area contributed by atoms with Crippen molar-refractivity contribution in [1.82, 2.24) is 10.6 Å². The van der Waals surface area contributed by atoms with Crippen LogP contribution in [-0.2, 0) is 9.59 Å². The quantitative estimate of drug-likeness (QED) is 0.714. The molecule has 1 aliphatic heterocycles. The average molecular weight is 268 g/mol. The van der Waals surface area contributed by atoms with E-state index in [1.165, 1.54) is 6.42 Å². The first-order valence-electron chi connectivity index (χ1n) is 7.42. The molecule has 1 heterocycles. The van der Waals surface area contributed by atoms with Gasteiger partial charge < -0.3 is 15.7 Å². The van der Waals surface area contributed by atoms with E-state index in [-0.39, 0.29) is 23.8 Å². The lowest BCUT2D eigenvalue weighted by Gasteiger charge is -2.20. The number of carbonyl (C=O) groups is 2. The fourth-order valence-corrected chi connectivity index (χ4v) is 3.21. The Labute approximate surface area is 114 Å². The van der Waals surface area contributed by atoms with Crippen molar-refractivity contribution >= 4 is 11.9 Å². The summed E-state index contributed by atoms with van der Waals surface area (Å²) < 4.78 is 0. The molecular formula is C14H24N2O3. The van der Waals surface area contributed by atoms with Crippen molar-refractivity contribution in [3.05, 3.63) is 0 Å². The molecule has 5 heteroatoms. The lowest BCUT2D eigenvalue weighted by molar-refractivity contribution is -0.143. The molecule has 0 aromatic carbocycles. The van der Waals surface area contributed by atoms with E-state index < -0.39 is 5.97 Å². The minimum atomic E-state index is -0.718. The Kier molecular flexibility index (Phi) is 5.19. The monoisotopic (exact) mass is 268 g/mol. The molecule has 3 N–H and O–H groups in total. The molecule has 0 bridgehead atoms. The van der Waals surface area contributed by atoms with Crippen LogP contribution in [0.1, 0.15) is 44.9 Å². The van der Waals surface area contributed by atoms with Gasteiger partial charge in [0.05, 0.1) is 12.0 Å². The maximum Gasteiger partial charge on any atom is 0.306 e. The van der Waals surface area contributed by atoms with Crippen LogP contribution in [0.15, 0.2) is 0 Å². The third-order valence-corrected chi connectivity index (χ3v) is 4.39. The average Bonchev–Trinajstić information content (AvgIpc) is 2.69. The SMILES string of the molecule is O=C(NCC1CCCC1C(=O)O)C1CCCCCN1. The first kappa shape index (κ1) is 14.3. The second kappa shape index (κ2) is 6.89. The molecule has 1 saturated heterocycles. The van der Waals surface area contributed by atoms with Crippen molar-refractivity contribution in [2.24, 2.45) is 11.8 Å². The molecule has 1 amide bonds. The molecule has 5 nitrogen and oxygen atoms in total. The third kappa shape index (κ3) is 3.93. The topological polar surface area (TPSA) is 78.4 Å². The fraction of sp³-hybridized carbons (Fsp3) is 0.857. The number of hydrogen-bond donors (Lipinski definition) is 3. The van der Waals surface area contributed by atoms with Gasteiger partial charge in [0.15, 0.2) is 0 Å². The molecule has 2 fully saturated rings. The summed E-state index contributed by atoms with van der Waals surface area (Å²) in [7, 11) is 0. The molecule has 2 rings (SSSR count). The Morgan fingerprint density at radius 2 is 1.95 bits per heavy atom. The van der Waals surface area contributed by atoms with Crippen molar-refractivity contribution in [1.29, 1.82) is 0 Å². The van der Waals surface area contributed by atoms with E-state index in [1.54, 1.807) is 0 Å². The zero-order chi connectivity index (χ0) is 13.7. The highest BCUT2D eigenvalue weighted by Gasteiger charge is 2.33. The zero-order valence-corrected chi connectivity index (χ0v) is 11.4. The molecule has 19 heavy (non-hydrogen) atoms. The largest absolute Gasteiger partial charge is 0.481 e. The van der Waals surface area contributed by atoms with Crippen molar-refractivity contribution < 1.29 is 14.7 Å². The Hall–Kier alpha value is -1.10. The van der Waals surface area contributed by atoms with Gasteiger partial charge in [-0.2, -0.15) is 0 Å². The van der Waals surface area contributed by atoms with E-state index in [2.05, 4.69) is 10.6 Å². The predicted molar refractivity (Wildman–Crippen MR) is 71.7 cm³/mol. The van der Waals surface area contributed by atoms with Crippen LogP contribution < -0.4 is 10.6 Å².